The normalized spacial score (nSPS) is 20.1. The van der Waals surface area contributed by atoms with E-state index in [0.29, 0.717) is 13.0 Å². The number of carboxylic acids is 1. The number of carbonyl (C=O) groups is 1. The third-order valence-corrected chi connectivity index (χ3v) is 6.00. The maximum Gasteiger partial charge on any atom is 0.307 e. The predicted molar refractivity (Wildman–Crippen MR) is 110 cm³/mol. The molecule has 148 valence electrons. The van der Waals surface area contributed by atoms with Crippen molar-refractivity contribution in [2.24, 2.45) is 11.8 Å². The number of rotatable bonds is 9. The van der Waals surface area contributed by atoms with Crippen molar-refractivity contribution >= 4 is 5.97 Å². The molecule has 2 atom stereocenters. The molecular weight excluding hydrogens is 350 g/mol. The van der Waals surface area contributed by atoms with Crippen molar-refractivity contribution in [2.45, 2.75) is 38.0 Å². The third-order valence-electron chi connectivity index (χ3n) is 6.00. The van der Waals surface area contributed by atoms with Crippen molar-refractivity contribution in [1.29, 1.82) is 0 Å². The quantitative estimate of drug-likeness (QED) is 0.690. The summed E-state index contributed by atoms with van der Waals surface area (Å²) in [6.07, 6.45) is 5.02. The molecule has 1 saturated heterocycles. The van der Waals surface area contributed by atoms with Gasteiger partial charge >= 0.3 is 5.97 Å². The SMILES string of the molecule is O=C(O)[C@@H](Cc1cccc(OCCc2cccc(C3CC3)c2)c1)[C@H]1CCNC1. The Labute approximate surface area is 166 Å². The molecule has 4 rings (SSSR count). The summed E-state index contributed by atoms with van der Waals surface area (Å²) in [5.74, 6) is 0.770. The third kappa shape index (κ3) is 4.93. The average Bonchev–Trinajstić information content (AvgIpc) is 3.42. The van der Waals surface area contributed by atoms with Crippen molar-refractivity contribution < 1.29 is 14.6 Å². The van der Waals surface area contributed by atoms with Crippen LogP contribution in [0.25, 0.3) is 0 Å². The van der Waals surface area contributed by atoms with Crippen LogP contribution in [0.2, 0.25) is 0 Å². The highest BCUT2D eigenvalue weighted by atomic mass is 16.5. The number of aliphatic carboxylic acids is 1. The summed E-state index contributed by atoms with van der Waals surface area (Å²) in [5.41, 5.74) is 3.81. The minimum Gasteiger partial charge on any atom is -0.493 e. The van der Waals surface area contributed by atoms with Gasteiger partial charge < -0.3 is 15.2 Å². The zero-order valence-corrected chi connectivity index (χ0v) is 16.3. The average molecular weight is 380 g/mol. The van der Waals surface area contributed by atoms with Crippen molar-refractivity contribution in [3.8, 4) is 5.75 Å². The second-order valence-electron chi connectivity index (χ2n) is 8.17. The molecule has 1 saturated carbocycles. The lowest BCUT2D eigenvalue weighted by Gasteiger charge is -2.19. The summed E-state index contributed by atoms with van der Waals surface area (Å²) in [4.78, 5) is 11.7. The van der Waals surface area contributed by atoms with Crippen molar-refractivity contribution in [3.63, 3.8) is 0 Å². The molecule has 0 amide bonds. The van der Waals surface area contributed by atoms with Crippen LogP contribution >= 0.6 is 0 Å². The van der Waals surface area contributed by atoms with E-state index in [9.17, 15) is 9.90 Å². The van der Waals surface area contributed by atoms with Crippen LogP contribution in [-0.2, 0) is 17.6 Å². The lowest BCUT2D eigenvalue weighted by atomic mass is 9.86. The molecule has 2 aliphatic rings. The van der Waals surface area contributed by atoms with Crippen LogP contribution in [-0.4, -0.2) is 30.8 Å². The Morgan fingerprint density at radius 3 is 2.68 bits per heavy atom. The predicted octanol–water partition coefficient (Wildman–Crippen LogP) is 4.04. The van der Waals surface area contributed by atoms with E-state index in [1.807, 2.05) is 24.3 Å². The molecule has 2 N–H and O–H groups in total. The standard InChI is InChI=1S/C24H29NO3/c26-24(27)23(21-9-11-25-16-21)15-18-4-2-6-22(14-18)28-12-10-17-3-1-5-20(13-17)19-7-8-19/h1-6,13-14,19,21,23,25H,7-12,15-16H2,(H,26,27)/t21-,23-/m0/s1. The van der Waals surface area contributed by atoms with Crippen LogP contribution in [0.4, 0.5) is 0 Å². The number of hydrogen-bond donors (Lipinski definition) is 2. The van der Waals surface area contributed by atoms with Crippen LogP contribution in [0, 0.1) is 11.8 Å². The molecule has 0 spiro atoms. The highest BCUT2D eigenvalue weighted by Crippen LogP contribution is 2.40. The molecule has 0 unspecified atom stereocenters. The summed E-state index contributed by atoms with van der Waals surface area (Å²) in [6, 6.07) is 16.8. The lowest BCUT2D eigenvalue weighted by Crippen LogP contribution is -2.27. The highest BCUT2D eigenvalue weighted by molar-refractivity contribution is 5.71. The minimum atomic E-state index is -0.699. The van der Waals surface area contributed by atoms with Gasteiger partial charge in [0, 0.05) is 6.42 Å². The summed E-state index contributed by atoms with van der Waals surface area (Å²) in [6.45, 7) is 2.35. The number of benzene rings is 2. The van der Waals surface area contributed by atoms with Crippen LogP contribution in [0.1, 0.15) is 41.9 Å². The van der Waals surface area contributed by atoms with E-state index < -0.39 is 5.97 Å². The molecule has 0 aromatic heterocycles. The Bertz CT molecular complexity index is 809. The van der Waals surface area contributed by atoms with Gasteiger partial charge in [0.25, 0.3) is 0 Å². The highest BCUT2D eigenvalue weighted by Gasteiger charge is 2.30. The zero-order valence-electron chi connectivity index (χ0n) is 16.3. The van der Waals surface area contributed by atoms with E-state index >= 15 is 0 Å². The number of ether oxygens (including phenoxy) is 1. The lowest BCUT2D eigenvalue weighted by molar-refractivity contribution is -0.143. The van der Waals surface area contributed by atoms with Crippen molar-refractivity contribution in [1.82, 2.24) is 5.32 Å². The zero-order chi connectivity index (χ0) is 19.3. The first-order chi connectivity index (χ1) is 13.7. The fourth-order valence-corrected chi connectivity index (χ4v) is 4.20. The molecule has 2 fully saturated rings. The van der Waals surface area contributed by atoms with Gasteiger partial charge in [-0.1, -0.05) is 36.4 Å². The van der Waals surface area contributed by atoms with Gasteiger partial charge in [0.1, 0.15) is 5.75 Å². The molecule has 0 radical (unpaired) electrons. The van der Waals surface area contributed by atoms with E-state index in [4.69, 9.17) is 4.74 Å². The summed E-state index contributed by atoms with van der Waals surface area (Å²) >= 11 is 0. The maximum atomic E-state index is 11.7. The van der Waals surface area contributed by atoms with Gasteiger partial charge in [-0.15, -0.1) is 0 Å². The van der Waals surface area contributed by atoms with E-state index in [1.165, 1.54) is 24.0 Å². The summed E-state index contributed by atoms with van der Waals surface area (Å²) in [5, 5.41) is 12.9. The van der Waals surface area contributed by atoms with E-state index in [0.717, 1.165) is 43.2 Å². The van der Waals surface area contributed by atoms with Crippen LogP contribution in [0.5, 0.6) is 5.75 Å². The van der Waals surface area contributed by atoms with Gasteiger partial charge in [0.05, 0.1) is 12.5 Å². The van der Waals surface area contributed by atoms with Gasteiger partial charge in [0.2, 0.25) is 0 Å². The van der Waals surface area contributed by atoms with Gasteiger partial charge in [-0.2, -0.15) is 0 Å². The van der Waals surface area contributed by atoms with Crippen molar-refractivity contribution in [3.05, 3.63) is 65.2 Å². The molecule has 4 nitrogen and oxygen atoms in total. The fraction of sp³-hybridized carbons (Fsp3) is 0.458. The molecular formula is C24H29NO3. The Morgan fingerprint density at radius 1 is 1.11 bits per heavy atom. The molecule has 2 aromatic rings. The first kappa shape index (κ1) is 19.0. The molecule has 28 heavy (non-hydrogen) atoms. The summed E-state index contributed by atoms with van der Waals surface area (Å²) in [7, 11) is 0. The number of hydrogen-bond acceptors (Lipinski definition) is 3. The Morgan fingerprint density at radius 2 is 1.93 bits per heavy atom. The van der Waals surface area contributed by atoms with Crippen LogP contribution in [0.3, 0.4) is 0 Å². The second-order valence-corrected chi connectivity index (χ2v) is 8.17. The Balaban J connectivity index is 1.33. The number of nitrogens with one attached hydrogen (secondary N) is 1. The van der Waals surface area contributed by atoms with Gasteiger partial charge in [-0.05, 0) is 79.4 Å². The smallest absolute Gasteiger partial charge is 0.307 e. The van der Waals surface area contributed by atoms with Gasteiger partial charge in [0.15, 0.2) is 0 Å². The first-order valence-electron chi connectivity index (χ1n) is 10.4. The maximum absolute atomic E-state index is 11.7. The van der Waals surface area contributed by atoms with Crippen LogP contribution in [0.15, 0.2) is 48.5 Å². The molecule has 4 heteroatoms. The second kappa shape index (κ2) is 8.78. The van der Waals surface area contributed by atoms with E-state index in [-0.39, 0.29) is 11.8 Å². The first-order valence-corrected chi connectivity index (χ1v) is 10.4. The van der Waals surface area contributed by atoms with Gasteiger partial charge in [-0.3, -0.25) is 4.79 Å². The summed E-state index contributed by atoms with van der Waals surface area (Å²) < 4.78 is 5.97. The van der Waals surface area contributed by atoms with E-state index in [1.54, 1.807) is 0 Å². The van der Waals surface area contributed by atoms with Crippen LogP contribution < -0.4 is 10.1 Å². The Hall–Kier alpha value is -2.33. The Kier molecular flexibility index (Phi) is 5.96. The monoisotopic (exact) mass is 379 g/mol. The minimum absolute atomic E-state index is 0.209. The largest absolute Gasteiger partial charge is 0.493 e. The fourth-order valence-electron chi connectivity index (χ4n) is 4.20. The van der Waals surface area contributed by atoms with Gasteiger partial charge in [-0.25, -0.2) is 0 Å². The molecule has 2 aromatic carbocycles. The van der Waals surface area contributed by atoms with Crippen molar-refractivity contribution in [2.75, 3.05) is 19.7 Å². The number of carboxylic acid groups (broad SMARTS) is 1. The topological polar surface area (TPSA) is 58.6 Å². The molecule has 1 aliphatic heterocycles. The molecule has 1 heterocycles. The molecule has 0 bridgehead atoms. The molecule has 1 aliphatic carbocycles. The van der Waals surface area contributed by atoms with E-state index in [2.05, 4.69) is 29.6 Å².